The van der Waals surface area contributed by atoms with Crippen LogP contribution in [0.3, 0.4) is 0 Å². The Labute approximate surface area is 147 Å². The summed E-state index contributed by atoms with van der Waals surface area (Å²) in [6, 6.07) is 17.5. The topological polar surface area (TPSA) is 50.7 Å². The van der Waals surface area contributed by atoms with Crippen LogP contribution in [0.4, 0.5) is 0 Å². The molecule has 126 valence electrons. The molecule has 0 saturated carbocycles. The third-order valence-electron chi connectivity index (χ3n) is 3.34. The van der Waals surface area contributed by atoms with Crippen molar-refractivity contribution in [1.29, 1.82) is 0 Å². The fraction of sp³-hybridized carbons (Fsp3) is 0.263. The Balaban J connectivity index is 1.92. The van der Waals surface area contributed by atoms with Crippen molar-refractivity contribution in [3.05, 3.63) is 60.2 Å². The molecule has 24 heavy (non-hydrogen) atoms. The first-order chi connectivity index (χ1) is 11.6. The second-order valence-electron chi connectivity index (χ2n) is 5.20. The molecule has 0 aliphatic carbocycles. The molecule has 0 spiro atoms. The SMILES string of the molecule is CCOc1ccc(/C(C)=N\NC(=O)[C@@H](C)Sc2ccccc2)cc1. The monoisotopic (exact) mass is 342 g/mol. The fourth-order valence-corrected chi connectivity index (χ4v) is 2.89. The highest BCUT2D eigenvalue weighted by molar-refractivity contribution is 8.00. The normalized spacial score (nSPS) is 12.5. The molecule has 0 aliphatic rings. The van der Waals surface area contributed by atoms with Gasteiger partial charge in [0.1, 0.15) is 5.75 Å². The fourth-order valence-electron chi connectivity index (χ4n) is 2.01. The molecule has 2 aromatic carbocycles. The van der Waals surface area contributed by atoms with Gasteiger partial charge in [-0.1, -0.05) is 18.2 Å². The van der Waals surface area contributed by atoms with Crippen LogP contribution in [0.5, 0.6) is 5.75 Å². The van der Waals surface area contributed by atoms with Crippen LogP contribution in [0.15, 0.2) is 64.6 Å². The lowest BCUT2D eigenvalue weighted by Crippen LogP contribution is -2.27. The number of carbonyl (C=O) groups is 1. The van der Waals surface area contributed by atoms with Crippen LogP contribution >= 0.6 is 11.8 Å². The number of hydrogen-bond donors (Lipinski definition) is 1. The van der Waals surface area contributed by atoms with Crippen molar-refractivity contribution < 1.29 is 9.53 Å². The number of nitrogens with zero attached hydrogens (tertiary/aromatic N) is 1. The van der Waals surface area contributed by atoms with E-state index in [9.17, 15) is 4.79 Å². The zero-order valence-electron chi connectivity index (χ0n) is 14.2. The number of ether oxygens (including phenoxy) is 1. The first-order valence-corrected chi connectivity index (χ1v) is 8.77. The van der Waals surface area contributed by atoms with Gasteiger partial charge >= 0.3 is 0 Å². The lowest BCUT2D eigenvalue weighted by molar-refractivity contribution is -0.120. The molecular formula is C19H22N2O2S. The number of hydrogen-bond acceptors (Lipinski definition) is 4. The van der Waals surface area contributed by atoms with E-state index < -0.39 is 0 Å². The molecule has 1 atom stereocenters. The Morgan fingerprint density at radius 2 is 1.83 bits per heavy atom. The molecule has 1 N–H and O–H groups in total. The number of rotatable bonds is 7. The minimum atomic E-state index is -0.218. The molecule has 0 aromatic heterocycles. The lowest BCUT2D eigenvalue weighted by Gasteiger charge is -2.10. The van der Waals surface area contributed by atoms with Crippen LogP contribution in [0.1, 0.15) is 26.3 Å². The zero-order chi connectivity index (χ0) is 17.4. The van der Waals surface area contributed by atoms with Gasteiger partial charge in [-0.3, -0.25) is 4.79 Å². The molecule has 4 nitrogen and oxygen atoms in total. The Morgan fingerprint density at radius 3 is 2.46 bits per heavy atom. The van der Waals surface area contributed by atoms with Crippen LogP contribution in [0, 0.1) is 0 Å². The van der Waals surface area contributed by atoms with Gasteiger partial charge in [0.15, 0.2) is 0 Å². The first-order valence-electron chi connectivity index (χ1n) is 7.89. The molecule has 2 aromatic rings. The summed E-state index contributed by atoms with van der Waals surface area (Å²) in [5, 5.41) is 3.98. The van der Waals surface area contributed by atoms with Crippen molar-refractivity contribution in [2.75, 3.05) is 6.61 Å². The van der Waals surface area contributed by atoms with E-state index in [4.69, 9.17) is 4.74 Å². The Morgan fingerprint density at radius 1 is 1.17 bits per heavy atom. The molecule has 0 radical (unpaired) electrons. The molecule has 5 heteroatoms. The van der Waals surface area contributed by atoms with Crippen molar-refractivity contribution in [2.24, 2.45) is 5.10 Å². The Bertz CT molecular complexity index is 684. The van der Waals surface area contributed by atoms with Gasteiger partial charge in [0.05, 0.1) is 17.6 Å². The van der Waals surface area contributed by atoms with Crippen LogP contribution in [-0.4, -0.2) is 23.5 Å². The summed E-state index contributed by atoms with van der Waals surface area (Å²) in [5.41, 5.74) is 4.34. The predicted molar refractivity (Wildman–Crippen MR) is 99.7 cm³/mol. The van der Waals surface area contributed by atoms with Gasteiger partial charge in [-0.05, 0) is 62.7 Å². The van der Waals surface area contributed by atoms with E-state index in [1.165, 1.54) is 11.8 Å². The van der Waals surface area contributed by atoms with Gasteiger partial charge in [0.2, 0.25) is 0 Å². The van der Waals surface area contributed by atoms with Crippen molar-refractivity contribution in [1.82, 2.24) is 5.43 Å². The van der Waals surface area contributed by atoms with E-state index in [0.717, 1.165) is 21.9 Å². The van der Waals surface area contributed by atoms with Gasteiger partial charge in [-0.2, -0.15) is 5.10 Å². The van der Waals surface area contributed by atoms with E-state index in [0.29, 0.717) is 6.61 Å². The third kappa shape index (κ3) is 5.42. The molecule has 0 unspecified atom stereocenters. The van der Waals surface area contributed by atoms with Crippen LogP contribution in [0.2, 0.25) is 0 Å². The van der Waals surface area contributed by atoms with Gasteiger partial charge in [0, 0.05) is 4.90 Å². The molecule has 0 fully saturated rings. The Kier molecular flexibility index (Phi) is 6.88. The summed E-state index contributed by atoms with van der Waals surface area (Å²) < 4.78 is 5.41. The summed E-state index contributed by atoms with van der Waals surface area (Å²) >= 11 is 1.51. The minimum Gasteiger partial charge on any atom is -0.494 e. The summed E-state index contributed by atoms with van der Waals surface area (Å²) in [5.74, 6) is 0.708. The van der Waals surface area contributed by atoms with Crippen molar-refractivity contribution in [2.45, 2.75) is 30.9 Å². The number of nitrogens with one attached hydrogen (secondary N) is 1. The summed E-state index contributed by atoms with van der Waals surface area (Å²) in [6.07, 6.45) is 0. The summed E-state index contributed by atoms with van der Waals surface area (Å²) in [6.45, 7) is 6.32. The quantitative estimate of drug-likeness (QED) is 0.468. The average Bonchev–Trinajstić information content (AvgIpc) is 2.61. The molecule has 0 saturated heterocycles. The minimum absolute atomic E-state index is 0.117. The first kappa shape index (κ1) is 18.1. The zero-order valence-corrected chi connectivity index (χ0v) is 15.0. The largest absolute Gasteiger partial charge is 0.494 e. The number of thioether (sulfide) groups is 1. The maximum Gasteiger partial charge on any atom is 0.253 e. The molecule has 1 amide bonds. The van der Waals surface area contributed by atoms with Gasteiger partial charge in [0.25, 0.3) is 5.91 Å². The highest BCUT2D eigenvalue weighted by Gasteiger charge is 2.13. The molecule has 0 heterocycles. The van der Waals surface area contributed by atoms with Gasteiger partial charge in [-0.15, -0.1) is 11.8 Å². The molecular weight excluding hydrogens is 320 g/mol. The van der Waals surface area contributed by atoms with Crippen LogP contribution in [-0.2, 0) is 4.79 Å². The molecule has 0 bridgehead atoms. The molecule has 2 rings (SSSR count). The predicted octanol–water partition coefficient (Wildman–Crippen LogP) is 4.11. The van der Waals surface area contributed by atoms with Crippen molar-refractivity contribution in [3.8, 4) is 5.75 Å². The van der Waals surface area contributed by atoms with Crippen molar-refractivity contribution in [3.63, 3.8) is 0 Å². The summed E-state index contributed by atoms with van der Waals surface area (Å²) in [7, 11) is 0. The lowest BCUT2D eigenvalue weighted by atomic mass is 10.1. The number of amides is 1. The van der Waals surface area contributed by atoms with Crippen LogP contribution < -0.4 is 10.2 Å². The van der Waals surface area contributed by atoms with E-state index in [-0.39, 0.29) is 11.2 Å². The van der Waals surface area contributed by atoms with E-state index in [1.807, 2.05) is 75.4 Å². The number of benzene rings is 2. The number of hydrazone groups is 1. The standard InChI is InChI=1S/C19H22N2O2S/c1-4-23-17-12-10-16(11-13-17)14(2)20-21-19(22)15(3)24-18-8-6-5-7-9-18/h5-13,15H,4H2,1-3H3,(H,21,22)/b20-14-/t15-/m1/s1. The van der Waals surface area contributed by atoms with E-state index >= 15 is 0 Å². The highest BCUT2D eigenvalue weighted by Crippen LogP contribution is 2.22. The van der Waals surface area contributed by atoms with Gasteiger partial charge < -0.3 is 4.74 Å². The number of carbonyl (C=O) groups excluding carboxylic acids is 1. The summed E-state index contributed by atoms with van der Waals surface area (Å²) in [4.78, 5) is 13.2. The second kappa shape index (κ2) is 9.13. The maximum absolute atomic E-state index is 12.2. The van der Waals surface area contributed by atoms with Gasteiger partial charge in [-0.25, -0.2) is 5.43 Å². The maximum atomic E-state index is 12.2. The third-order valence-corrected chi connectivity index (χ3v) is 4.45. The Hall–Kier alpha value is -2.27. The highest BCUT2D eigenvalue weighted by atomic mass is 32.2. The molecule has 0 aliphatic heterocycles. The smallest absolute Gasteiger partial charge is 0.253 e. The van der Waals surface area contributed by atoms with Crippen LogP contribution in [0.25, 0.3) is 0 Å². The second-order valence-corrected chi connectivity index (χ2v) is 6.62. The van der Waals surface area contributed by atoms with E-state index in [2.05, 4.69) is 10.5 Å². The van der Waals surface area contributed by atoms with E-state index in [1.54, 1.807) is 0 Å². The van der Waals surface area contributed by atoms with Crippen molar-refractivity contribution >= 4 is 23.4 Å². The average molecular weight is 342 g/mol.